The van der Waals surface area contributed by atoms with E-state index >= 15 is 0 Å². The van der Waals surface area contributed by atoms with Crippen molar-refractivity contribution in [2.75, 3.05) is 18.5 Å². The van der Waals surface area contributed by atoms with Gasteiger partial charge in [0.25, 0.3) is 0 Å². The molecule has 1 N–H and O–H groups in total. The number of nitrogens with one attached hydrogen (secondary N) is 1. The second-order valence-corrected chi connectivity index (χ2v) is 4.68. The monoisotopic (exact) mass is 273 g/mol. The lowest BCUT2D eigenvalue weighted by atomic mass is 10.1. The standard InChI is InChI=1S/C16H20FN3/c1-4-20(15-7-5-6-14(17)11-15)16-10-13(8-9-19-16)12(2)18-3/h5-12,18H,4H2,1-3H3. The highest BCUT2D eigenvalue weighted by Gasteiger charge is 2.11. The molecule has 3 nitrogen and oxygen atoms in total. The topological polar surface area (TPSA) is 28.2 Å². The first-order chi connectivity index (χ1) is 9.65. The van der Waals surface area contributed by atoms with E-state index in [4.69, 9.17) is 0 Å². The number of nitrogens with zero attached hydrogens (tertiary/aromatic N) is 2. The lowest BCUT2D eigenvalue weighted by Crippen LogP contribution is -2.19. The first-order valence-electron chi connectivity index (χ1n) is 6.82. The molecule has 0 amide bonds. The summed E-state index contributed by atoms with van der Waals surface area (Å²) in [5.74, 6) is 0.596. The highest BCUT2D eigenvalue weighted by Crippen LogP contribution is 2.25. The third-order valence-corrected chi connectivity index (χ3v) is 3.42. The smallest absolute Gasteiger partial charge is 0.133 e. The number of pyridine rings is 1. The number of benzene rings is 1. The van der Waals surface area contributed by atoms with E-state index in [-0.39, 0.29) is 11.9 Å². The van der Waals surface area contributed by atoms with Gasteiger partial charge in [0, 0.05) is 24.5 Å². The normalized spacial score (nSPS) is 12.2. The van der Waals surface area contributed by atoms with Gasteiger partial charge in [0.15, 0.2) is 0 Å². The minimum Gasteiger partial charge on any atom is -0.327 e. The van der Waals surface area contributed by atoms with E-state index in [2.05, 4.69) is 17.2 Å². The highest BCUT2D eigenvalue weighted by atomic mass is 19.1. The molecule has 0 saturated carbocycles. The van der Waals surface area contributed by atoms with Crippen LogP contribution >= 0.6 is 0 Å². The van der Waals surface area contributed by atoms with Crippen LogP contribution in [0.5, 0.6) is 0 Å². The molecule has 0 aliphatic rings. The Balaban J connectivity index is 2.37. The van der Waals surface area contributed by atoms with Crippen LogP contribution in [0.2, 0.25) is 0 Å². The van der Waals surface area contributed by atoms with Crippen LogP contribution in [0.25, 0.3) is 0 Å². The quantitative estimate of drug-likeness (QED) is 0.901. The summed E-state index contributed by atoms with van der Waals surface area (Å²) in [7, 11) is 1.93. The molecule has 1 atom stereocenters. The maximum atomic E-state index is 13.4. The van der Waals surface area contributed by atoms with E-state index in [0.717, 1.165) is 23.6 Å². The van der Waals surface area contributed by atoms with Gasteiger partial charge < -0.3 is 10.2 Å². The van der Waals surface area contributed by atoms with Gasteiger partial charge in [-0.3, -0.25) is 0 Å². The fourth-order valence-electron chi connectivity index (χ4n) is 2.14. The van der Waals surface area contributed by atoms with Crippen LogP contribution in [-0.4, -0.2) is 18.6 Å². The molecule has 2 aromatic rings. The Morgan fingerprint density at radius 2 is 2.10 bits per heavy atom. The zero-order valence-corrected chi connectivity index (χ0v) is 12.1. The predicted octanol–water partition coefficient (Wildman–Crippen LogP) is 3.66. The lowest BCUT2D eigenvalue weighted by Gasteiger charge is -2.23. The Hall–Kier alpha value is -1.94. The van der Waals surface area contributed by atoms with Crippen molar-refractivity contribution < 1.29 is 4.39 Å². The van der Waals surface area contributed by atoms with E-state index in [1.54, 1.807) is 12.3 Å². The van der Waals surface area contributed by atoms with E-state index in [1.165, 1.54) is 12.1 Å². The maximum Gasteiger partial charge on any atom is 0.133 e. The third kappa shape index (κ3) is 3.14. The van der Waals surface area contributed by atoms with Crippen LogP contribution in [0, 0.1) is 5.82 Å². The largest absolute Gasteiger partial charge is 0.327 e. The van der Waals surface area contributed by atoms with Gasteiger partial charge in [-0.15, -0.1) is 0 Å². The second kappa shape index (κ2) is 6.48. The first kappa shape index (κ1) is 14.5. The molecular formula is C16H20FN3. The van der Waals surface area contributed by atoms with Crippen molar-refractivity contribution in [2.45, 2.75) is 19.9 Å². The summed E-state index contributed by atoms with van der Waals surface area (Å²) in [5, 5.41) is 3.21. The van der Waals surface area contributed by atoms with Crippen molar-refractivity contribution in [1.29, 1.82) is 0 Å². The number of rotatable bonds is 5. The maximum absolute atomic E-state index is 13.4. The first-order valence-corrected chi connectivity index (χ1v) is 6.82. The Morgan fingerprint density at radius 3 is 2.75 bits per heavy atom. The SMILES string of the molecule is CCN(c1cccc(F)c1)c1cc(C(C)NC)ccn1. The zero-order chi connectivity index (χ0) is 14.5. The molecule has 4 heteroatoms. The van der Waals surface area contributed by atoms with Crippen LogP contribution in [0.1, 0.15) is 25.5 Å². The molecule has 0 spiro atoms. The molecular weight excluding hydrogens is 253 g/mol. The van der Waals surface area contributed by atoms with Crippen LogP contribution in [-0.2, 0) is 0 Å². The summed E-state index contributed by atoms with van der Waals surface area (Å²) in [5.41, 5.74) is 1.97. The van der Waals surface area contributed by atoms with Crippen LogP contribution in [0.15, 0.2) is 42.6 Å². The second-order valence-electron chi connectivity index (χ2n) is 4.68. The van der Waals surface area contributed by atoms with Crippen molar-refractivity contribution in [3.63, 3.8) is 0 Å². The molecule has 0 bridgehead atoms. The summed E-state index contributed by atoms with van der Waals surface area (Å²) in [6, 6.07) is 10.9. The van der Waals surface area contributed by atoms with Gasteiger partial charge in [0.1, 0.15) is 11.6 Å². The Bertz CT molecular complexity index is 571. The van der Waals surface area contributed by atoms with Crippen LogP contribution < -0.4 is 10.2 Å². The fraction of sp³-hybridized carbons (Fsp3) is 0.312. The summed E-state index contributed by atoms with van der Waals surface area (Å²) < 4.78 is 13.4. The number of anilines is 2. The number of hydrogen-bond donors (Lipinski definition) is 1. The van der Waals surface area contributed by atoms with Gasteiger partial charge in [0.05, 0.1) is 0 Å². The van der Waals surface area contributed by atoms with Gasteiger partial charge in [-0.25, -0.2) is 9.37 Å². The molecule has 1 unspecified atom stereocenters. The predicted molar refractivity (Wildman–Crippen MR) is 80.8 cm³/mol. The molecule has 1 heterocycles. The number of hydrogen-bond acceptors (Lipinski definition) is 3. The van der Waals surface area contributed by atoms with Crippen molar-refractivity contribution in [2.24, 2.45) is 0 Å². The van der Waals surface area contributed by atoms with Crippen molar-refractivity contribution in [3.8, 4) is 0 Å². The molecule has 1 aromatic carbocycles. The Morgan fingerprint density at radius 1 is 1.30 bits per heavy atom. The summed E-state index contributed by atoms with van der Waals surface area (Å²) in [6.45, 7) is 4.85. The molecule has 0 aliphatic carbocycles. The van der Waals surface area contributed by atoms with Gasteiger partial charge in [-0.1, -0.05) is 6.07 Å². The molecule has 1 aromatic heterocycles. The van der Waals surface area contributed by atoms with E-state index in [1.807, 2.05) is 37.1 Å². The summed E-state index contributed by atoms with van der Waals surface area (Å²) in [4.78, 5) is 6.40. The molecule has 2 rings (SSSR count). The Kier molecular flexibility index (Phi) is 4.69. The van der Waals surface area contributed by atoms with E-state index < -0.39 is 0 Å². The number of aromatic nitrogens is 1. The van der Waals surface area contributed by atoms with Crippen LogP contribution in [0.3, 0.4) is 0 Å². The van der Waals surface area contributed by atoms with Gasteiger partial charge in [0.2, 0.25) is 0 Å². The molecule has 106 valence electrons. The average Bonchev–Trinajstić information content (AvgIpc) is 2.47. The highest BCUT2D eigenvalue weighted by molar-refractivity contribution is 5.60. The Labute approximate surface area is 119 Å². The minimum absolute atomic E-state index is 0.235. The number of halogens is 1. The average molecular weight is 273 g/mol. The summed E-state index contributed by atoms with van der Waals surface area (Å²) in [6.07, 6.45) is 1.79. The lowest BCUT2D eigenvalue weighted by molar-refractivity contribution is 0.627. The van der Waals surface area contributed by atoms with E-state index in [9.17, 15) is 4.39 Å². The van der Waals surface area contributed by atoms with Crippen molar-refractivity contribution in [1.82, 2.24) is 10.3 Å². The van der Waals surface area contributed by atoms with Gasteiger partial charge in [-0.05, 0) is 56.8 Å². The van der Waals surface area contributed by atoms with Gasteiger partial charge in [-0.2, -0.15) is 0 Å². The molecule has 20 heavy (non-hydrogen) atoms. The third-order valence-electron chi connectivity index (χ3n) is 3.42. The van der Waals surface area contributed by atoms with Crippen molar-refractivity contribution in [3.05, 3.63) is 54.0 Å². The van der Waals surface area contributed by atoms with E-state index in [0.29, 0.717) is 0 Å². The fourth-order valence-corrected chi connectivity index (χ4v) is 2.14. The molecule has 0 aliphatic heterocycles. The molecule has 0 radical (unpaired) electrons. The minimum atomic E-state index is -0.235. The van der Waals surface area contributed by atoms with Crippen molar-refractivity contribution >= 4 is 11.5 Å². The molecule has 0 fully saturated rings. The zero-order valence-electron chi connectivity index (χ0n) is 12.1. The van der Waals surface area contributed by atoms with Gasteiger partial charge >= 0.3 is 0 Å². The summed E-state index contributed by atoms with van der Waals surface area (Å²) >= 11 is 0. The van der Waals surface area contributed by atoms with Crippen LogP contribution in [0.4, 0.5) is 15.9 Å². The molecule has 0 saturated heterocycles.